The fourth-order valence-corrected chi connectivity index (χ4v) is 16.3. The van der Waals surface area contributed by atoms with E-state index in [9.17, 15) is 53.4 Å². The summed E-state index contributed by atoms with van der Waals surface area (Å²) in [6, 6.07) is 22.8. The van der Waals surface area contributed by atoms with E-state index in [1.165, 1.54) is 72.8 Å². The van der Waals surface area contributed by atoms with Gasteiger partial charge in [-0.3, -0.25) is 53.9 Å². The number of aliphatic hydroxyl groups is 1. The van der Waals surface area contributed by atoms with E-state index in [4.69, 9.17) is 45.4 Å². The smallest absolute Gasteiger partial charge is 0.409 e. The van der Waals surface area contributed by atoms with Crippen LogP contribution < -0.4 is 25.6 Å². The molecule has 0 saturated carbocycles. The number of alkyl carbamates (subject to hydrolysis) is 1. The van der Waals surface area contributed by atoms with Crippen LogP contribution in [-0.2, 0) is 108 Å². The molecule has 7 heterocycles. The predicted octanol–water partition coefficient (Wildman–Crippen LogP) is 8.40. The van der Waals surface area contributed by atoms with E-state index in [0.29, 0.717) is 78.1 Å². The van der Waals surface area contributed by atoms with E-state index >= 15 is 0 Å². The third-order valence-corrected chi connectivity index (χ3v) is 23.2. The Kier molecular flexibility index (Phi) is 31.6. The molecule has 1 unspecified atom stereocenters. The number of rotatable bonds is 35. The molecule has 3 aromatic carbocycles. The number of nitrogens with zero attached hydrogens (tertiary/aromatic N) is 10. The van der Waals surface area contributed by atoms with Crippen LogP contribution in [0.3, 0.4) is 0 Å². The maximum Gasteiger partial charge on any atom is 0.409 e. The van der Waals surface area contributed by atoms with Crippen molar-refractivity contribution < 1.29 is 81.8 Å². The Morgan fingerprint density at radius 2 is 1.63 bits per heavy atom. The number of epoxide rings is 1. The molecule has 3 aromatic heterocycles. The first-order valence-electron chi connectivity index (χ1n) is 39.2. The first-order valence-corrected chi connectivity index (χ1v) is 40.6. The van der Waals surface area contributed by atoms with Gasteiger partial charge in [0.05, 0.1) is 54.6 Å². The first-order chi connectivity index (χ1) is 56.5. The number of aromatic hydroxyl groups is 1. The normalized spacial score (nSPS) is 22.2. The lowest BCUT2D eigenvalue weighted by molar-refractivity contribution is -0.162. The molecule has 4 bridgehead atoms. The molecule has 630 valence electrons. The number of methoxy groups -OCH3 is 3. The molecular weight excluding hydrogens is 1560 g/mol. The Bertz CT molecular complexity index is 4740. The van der Waals surface area contributed by atoms with Crippen LogP contribution in [0.2, 0.25) is 5.02 Å². The number of benzene rings is 3. The van der Waals surface area contributed by atoms with Gasteiger partial charge in [0.2, 0.25) is 35.4 Å². The highest BCUT2D eigenvalue weighted by atomic mass is 35.5. The number of nitrogens with one attached hydrogen (secondary N) is 4. The Balaban J connectivity index is 0.784. The van der Waals surface area contributed by atoms with Gasteiger partial charge in [-0.05, 0) is 113 Å². The second-order valence-electron chi connectivity index (χ2n) is 30.2. The number of hydrogen-bond acceptors (Lipinski definition) is 25. The summed E-state index contributed by atoms with van der Waals surface area (Å²) >= 11 is 8.02. The van der Waals surface area contributed by atoms with Crippen molar-refractivity contribution in [2.45, 2.75) is 185 Å². The summed E-state index contributed by atoms with van der Waals surface area (Å²) in [7, 11) is 7.01. The molecule has 7 amide bonds. The molecular formula is C85H105ClN14O17S. The second-order valence-corrected chi connectivity index (χ2v) is 31.9. The van der Waals surface area contributed by atoms with E-state index in [1.54, 1.807) is 93.0 Å². The van der Waals surface area contributed by atoms with Gasteiger partial charge >= 0.3 is 18.0 Å². The molecule has 33 heteroatoms. The van der Waals surface area contributed by atoms with Crippen LogP contribution in [0.1, 0.15) is 120 Å². The zero-order chi connectivity index (χ0) is 85.0. The minimum atomic E-state index is -1.92. The van der Waals surface area contributed by atoms with Gasteiger partial charge < -0.3 is 69.4 Å². The molecule has 118 heavy (non-hydrogen) atoms. The van der Waals surface area contributed by atoms with Crippen LogP contribution in [0, 0.1) is 11.3 Å². The average molecular weight is 1660 g/mol. The van der Waals surface area contributed by atoms with Gasteiger partial charge in [-0.25, -0.2) is 19.1 Å². The van der Waals surface area contributed by atoms with Crippen LogP contribution in [0.25, 0.3) is 11.0 Å². The number of amides is 7. The number of anilines is 1. The fraction of sp³-hybridized carbons (Fsp3) is 0.459. The number of aromatic nitrogens is 5. The monoisotopic (exact) mass is 1660 g/mol. The molecule has 4 aliphatic rings. The Hall–Kier alpha value is -10.7. The number of esters is 2. The number of fused-ring (bicyclic) bond motifs is 6. The van der Waals surface area contributed by atoms with Gasteiger partial charge in [-0.1, -0.05) is 108 Å². The quantitative estimate of drug-likeness (QED) is 0.00413. The number of carbonyl (C=O) groups excluding carboxylic acids is 9. The lowest BCUT2D eigenvalue weighted by atomic mass is 9.83. The minimum absolute atomic E-state index is 0.00133. The fourth-order valence-electron chi connectivity index (χ4n) is 14.9. The van der Waals surface area contributed by atoms with Crippen molar-refractivity contribution in [3.63, 3.8) is 0 Å². The molecule has 10 rings (SSSR count). The topological polar surface area (TPSA) is 385 Å². The van der Waals surface area contributed by atoms with Crippen LogP contribution in [0.5, 0.6) is 11.5 Å². The van der Waals surface area contributed by atoms with Crippen LogP contribution >= 0.6 is 23.4 Å². The summed E-state index contributed by atoms with van der Waals surface area (Å²) in [4.78, 5) is 143. The summed E-state index contributed by atoms with van der Waals surface area (Å²) < 4.78 is 36.6. The largest absolute Gasteiger partial charge is 0.507 e. The number of pyridine rings is 2. The molecule has 31 nitrogen and oxygen atoms in total. The van der Waals surface area contributed by atoms with Gasteiger partial charge in [-0.15, -0.1) is 16.9 Å². The van der Waals surface area contributed by atoms with Crippen molar-refractivity contribution in [3.05, 3.63) is 184 Å². The highest BCUT2D eigenvalue weighted by Gasteiger charge is 2.65. The van der Waals surface area contributed by atoms with E-state index < -0.39 is 125 Å². The van der Waals surface area contributed by atoms with Crippen molar-refractivity contribution in [1.29, 1.82) is 5.41 Å². The van der Waals surface area contributed by atoms with Crippen molar-refractivity contribution in [1.82, 2.24) is 60.5 Å². The summed E-state index contributed by atoms with van der Waals surface area (Å²) in [5.41, 5.74) is 3.89. The molecule has 0 radical (unpaired) electrons. The number of imide groups is 1. The third kappa shape index (κ3) is 23.2. The number of phenols is 1. The van der Waals surface area contributed by atoms with Crippen molar-refractivity contribution >= 4 is 99.8 Å². The molecule has 0 aliphatic carbocycles. The second kappa shape index (κ2) is 41.6. The molecule has 3 saturated heterocycles. The predicted molar refractivity (Wildman–Crippen MR) is 441 cm³/mol. The number of halogens is 1. The molecule has 3 fully saturated rings. The highest BCUT2D eigenvalue weighted by Crippen LogP contribution is 2.49. The lowest BCUT2D eigenvalue weighted by Crippen LogP contribution is -2.63. The summed E-state index contributed by atoms with van der Waals surface area (Å²) in [6.07, 6.45) is 10.1. The number of likely N-dealkylation sites (N-methyl/N-ethyl adjacent to an activating group) is 1. The highest BCUT2D eigenvalue weighted by molar-refractivity contribution is 8.00. The molecule has 6 aromatic rings. The summed E-state index contributed by atoms with van der Waals surface area (Å²) in [6.45, 7) is 9.61. The Morgan fingerprint density at radius 3 is 2.35 bits per heavy atom. The zero-order valence-corrected chi connectivity index (χ0v) is 69.7. The minimum Gasteiger partial charge on any atom is -0.507 e. The molecule has 4 aliphatic heterocycles. The van der Waals surface area contributed by atoms with E-state index in [2.05, 4.69) is 41.1 Å². The van der Waals surface area contributed by atoms with Crippen molar-refractivity contribution in [3.8, 4) is 11.5 Å². The third-order valence-electron chi connectivity index (χ3n) is 21.6. The number of ether oxygens (including phenoxy) is 6. The van der Waals surface area contributed by atoms with Gasteiger partial charge in [0.1, 0.15) is 71.2 Å². The van der Waals surface area contributed by atoms with Gasteiger partial charge in [0, 0.05) is 134 Å². The number of thioether (sulfide) groups is 1. The summed E-state index contributed by atoms with van der Waals surface area (Å²) in [5, 5.41) is 48.1. The van der Waals surface area contributed by atoms with Gasteiger partial charge in [0.15, 0.2) is 5.72 Å². The number of unbranched alkanes of at least 4 members (excludes halogenated alkanes) is 2. The number of para-hydroxylation sites is 1. The van der Waals surface area contributed by atoms with Crippen molar-refractivity contribution in [2.24, 2.45) is 5.92 Å². The first kappa shape index (κ1) is 89.6. The lowest BCUT2D eigenvalue weighted by Gasteiger charge is -2.42. The van der Waals surface area contributed by atoms with Crippen LogP contribution in [0.4, 0.5) is 10.5 Å². The average Bonchev–Trinajstić information content (AvgIpc) is 1.57. The Labute approximate surface area is 695 Å². The molecule has 10 atom stereocenters. The van der Waals surface area contributed by atoms with Gasteiger partial charge in [0.25, 0.3) is 0 Å². The van der Waals surface area contributed by atoms with Crippen molar-refractivity contribution in [2.75, 3.05) is 65.7 Å². The number of carbonyl (C=O) groups is 9. The number of likely N-dealkylation sites (tertiary alicyclic amines) is 1. The Morgan fingerprint density at radius 1 is 0.890 bits per heavy atom. The standard InChI is InChI=1S/C85H105ClN14O17S/c1-53-24-22-29-70(113-9)85(111)45-68(115-83(110)92-85)55(3)79-84(5,117-79)71(44-75(104)96(7)65-40-57(37-53)42-67(112-8)77(65)86)116-81(108)56(4)95(6)73(102)31-36-118-69-43-76(105)98(80(69)107)35-21-11-12-30-74(103)99(51-72(101)91-52-100-64-28-14-13-27-63(64)93-94-100)66(82(109)114-10)41-58-38-59(46-88-47-61-25-16-19-33-89-61)78(106)60(39-58)49-97(48-54(2)23-15-18-32-87)50-62-26-17-20-34-90-62/h13-20,22-29,32-34,38-40,42,55-56,66,68-71,79,87-88,106,111H,11-12,21,30-31,35-37,41,43-52H2,1-10H3,(H,91,101)(H,92,110)/b18-15-,29-22+,53-24+,54-23+,87-32?/t55-,56+,66-,68+,69?,70-,71+,79+,84+,85+/m0/s1. The van der Waals surface area contributed by atoms with Gasteiger partial charge in [-0.2, -0.15) is 0 Å². The van der Waals surface area contributed by atoms with E-state index in [1.807, 2.05) is 68.5 Å². The molecule has 0 spiro atoms. The number of allylic oxidation sites excluding steroid dienone is 6. The maximum absolute atomic E-state index is 14.9. The maximum atomic E-state index is 14.9. The van der Waals surface area contributed by atoms with Crippen LogP contribution in [-0.4, -0.2) is 228 Å². The van der Waals surface area contributed by atoms with E-state index in [-0.39, 0.29) is 81.4 Å². The number of hydrogen-bond donors (Lipinski definition) is 6. The van der Waals surface area contributed by atoms with Crippen LogP contribution in [0.15, 0.2) is 145 Å². The SMILES string of the molecule is COC(=O)[C@H](Cc1cc(CNCc2ccccn2)c(O)c(CN(C/C(C)=C/C=C\C=N)Cc2ccccn2)c1)N(CC(=O)NCn1nnc2ccccc21)C(=O)CCCCCN1C(=O)CC(SCCC(=O)N(C)[C@H](C)C(=O)O[C@@H]2CC(=O)N(C)c3cc(cc(OC)c3Cl)C/C(C)=C/C=C/[C@H](OC)[C@]3(O)C[C@@H](OC(=O)N3)[C@H](C)[C@H]3O[C@@]32C)C1=O. The summed E-state index contributed by atoms with van der Waals surface area (Å²) in [5.74, 6) is -5.00. The van der Waals surface area contributed by atoms with E-state index in [0.717, 1.165) is 39.9 Å². The number of phenolic OH excluding ortho intramolecular Hbond substituents is 1. The zero-order valence-electron chi connectivity index (χ0n) is 68.1. The molecule has 6 N–H and O–H groups in total.